The number of hydrogen-bond donors (Lipinski definition) is 1. The van der Waals surface area contributed by atoms with Crippen LogP contribution >= 0.6 is 47.8 Å². The van der Waals surface area contributed by atoms with E-state index in [1.54, 1.807) is 24.3 Å². The first-order valence-corrected chi connectivity index (χ1v) is 9.56. The molecule has 0 aliphatic rings. The Bertz CT molecular complexity index is 815. The molecule has 2 aromatic carbocycles. The minimum Gasteiger partial charge on any atom is -0.481 e. The van der Waals surface area contributed by atoms with E-state index in [1.165, 1.54) is 13.3 Å². The second-order valence-electron chi connectivity index (χ2n) is 4.89. The minimum atomic E-state index is -0.413. The van der Waals surface area contributed by atoms with E-state index in [1.807, 2.05) is 12.1 Å². The van der Waals surface area contributed by atoms with E-state index in [-0.39, 0.29) is 6.61 Å². The molecule has 26 heavy (non-hydrogen) atoms. The smallest absolute Gasteiger partial charge is 0.337 e. The van der Waals surface area contributed by atoms with Crippen molar-refractivity contribution in [2.24, 2.45) is 5.10 Å². The molecule has 1 N–H and O–H groups in total. The summed E-state index contributed by atoms with van der Waals surface area (Å²) in [5, 5.41) is 3.86. The molecule has 0 unspecified atom stereocenters. The molecule has 0 saturated carbocycles. The number of amides is 1. The van der Waals surface area contributed by atoms with E-state index in [0.717, 1.165) is 10.0 Å². The average Bonchev–Trinajstić information content (AvgIpc) is 2.60. The van der Waals surface area contributed by atoms with E-state index in [2.05, 4.69) is 63.1 Å². The van der Waals surface area contributed by atoms with Crippen LogP contribution in [0.5, 0.6) is 5.75 Å². The Morgan fingerprint density at radius 3 is 2.31 bits per heavy atom. The first kappa shape index (κ1) is 20.6. The second-order valence-corrected chi connectivity index (χ2v) is 7.52. The standard InChI is InChI=1S/C17H13Br3N2O4/c1-25-17(24)11-4-2-10(3-5-11)8-21-22-15(23)9-26-16-13(19)6-12(18)7-14(16)20/h2-8H,9H2,1H3,(H,22,23)/b21-8+. The fraction of sp³-hybridized carbons (Fsp3) is 0.118. The molecule has 0 aromatic heterocycles. The van der Waals surface area contributed by atoms with Gasteiger partial charge in [0.1, 0.15) is 5.75 Å². The molecule has 0 heterocycles. The molecular weight excluding hydrogens is 536 g/mol. The topological polar surface area (TPSA) is 77.0 Å². The van der Waals surface area contributed by atoms with Gasteiger partial charge in [-0.1, -0.05) is 28.1 Å². The maximum absolute atomic E-state index is 11.8. The summed E-state index contributed by atoms with van der Waals surface area (Å²) in [5.41, 5.74) is 3.53. The Labute approximate surface area is 175 Å². The van der Waals surface area contributed by atoms with E-state index < -0.39 is 11.9 Å². The fourth-order valence-corrected chi connectivity index (χ4v) is 4.33. The van der Waals surface area contributed by atoms with Crippen molar-refractivity contribution in [3.8, 4) is 5.75 Å². The number of methoxy groups -OCH3 is 1. The summed E-state index contributed by atoms with van der Waals surface area (Å²) in [7, 11) is 1.32. The van der Waals surface area contributed by atoms with Crippen LogP contribution in [0.3, 0.4) is 0 Å². The molecule has 0 aliphatic heterocycles. The lowest BCUT2D eigenvalue weighted by molar-refractivity contribution is -0.123. The van der Waals surface area contributed by atoms with Crippen LogP contribution in [-0.4, -0.2) is 31.8 Å². The number of hydrazone groups is 1. The molecule has 1 amide bonds. The molecule has 0 bridgehead atoms. The molecule has 0 radical (unpaired) electrons. The van der Waals surface area contributed by atoms with Crippen LogP contribution in [0.2, 0.25) is 0 Å². The third-order valence-corrected chi connectivity index (χ3v) is 4.68. The summed E-state index contributed by atoms with van der Waals surface area (Å²) in [6, 6.07) is 10.2. The van der Waals surface area contributed by atoms with Crippen molar-refractivity contribution >= 4 is 65.9 Å². The van der Waals surface area contributed by atoms with Crippen molar-refractivity contribution in [1.82, 2.24) is 5.43 Å². The van der Waals surface area contributed by atoms with Crippen molar-refractivity contribution in [3.63, 3.8) is 0 Å². The molecule has 0 spiro atoms. The van der Waals surface area contributed by atoms with Crippen LogP contribution in [0.4, 0.5) is 0 Å². The normalized spacial score (nSPS) is 10.6. The third-order valence-electron chi connectivity index (χ3n) is 3.05. The van der Waals surface area contributed by atoms with Crippen molar-refractivity contribution in [1.29, 1.82) is 0 Å². The van der Waals surface area contributed by atoms with Crippen LogP contribution < -0.4 is 10.2 Å². The molecule has 0 fully saturated rings. The largest absolute Gasteiger partial charge is 0.481 e. The number of hydrogen-bond acceptors (Lipinski definition) is 5. The van der Waals surface area contributed by atoms with Gasteiger partial charge in [-0.15, -0.1) is 0 Å². The average molecular weight is 549 g/mol. The number of carbonyl (C=O) groups is 2. The van der Waals surface area contributed by atoms with Crippen molar-refractivity contribution in [3.05, 3.63) is 60.9 Å². The van der Waals surface area contributed by atoms with Crippen LogP contribution in [0.1, 0.15) is 15.9 Å². The highest BCUT2D eigenvalue weighted by atomic mass is 79.9. The van der Waals surface area contributed by atoms with Gasteiger partial charge in [0.25, 0.3) is 5.91 Å². The lowest BCUT2D eigenvalue weighted by atomic mass is 10.1. The lowest BCUT2D eigenvalue weighted by Crippen LogP contribution is -2.24. The molecule has 0 saturated heterocycles. The zero-order valence-corrected chi connectivity index (χ0v) is 18.2. The van der Waals surface area contributed by atoms with Gasteiger partial charge in [-0.2, -0.15) is 5.10 Å². The van der Waals surface area contributed by atoms with Crippen molar-refractivity contribution in [2.75, 3.05) is 13.7 Å². The first-order chi connectivity index (χ1) is 12.4. The van der Waals surface area contributed by atoms with E-state index in [4.69, 9.17) is 4.74 Å². The van der Waals surface area contributed by atoms with Gasteiger partial charge in [-0.05, 0) is 61.7 Å². The number of halogens is 3. The highest BCUT2D eigenvalue weighted by molar-refractivity contribution is 9.11. The van der Waals surface area contributed by atoms with Crippen molar-refractivity contribution in [2.45, 2.75) is 0 Å². The zero-order valence-electron chi connectivity index (χ0n) is 13.5. The van der Waals surface area contributed by atoms with Crippen LogP contribution in [0.15, 0.2) is 54.9 Å². The SMILES string of the molecule is COC(=O)c1ccc(/C=N/NC(=O)COc2c(Br)cc(Br)cc2Br)cc1. The van der Waals surface area contributed by atoms with Gasteiger partial charge in [-0.3, -0.25) is 4.79 Å². The number of nitrogens with zero attached hydrogens (tertiary/aromatic N) is 1. The summed E-state index contributed by atoms with van der Waals surface area (Å²) in [6.45, 7) is -0.197. The Morgan fingerprint density at radius 2 is 1.73 bits per heavy atom. The summed E-state index contributed by atoms with van der Waals surface area (Å²) in [6.07, 6.45) is 1.46. The van der Waals surface area contributed by atoms with Gasteiger partial charge < -0.3 is 9.47 Å². The first-order valence-electron chi connectivity index (χ1n) is 7.18. The van der Waals surface area contributed by atoms with Gasteiger partial charge >= 0.3 is 5.97 Å². The molecule has 6 nitrogen and oxygen atoms in total. The van der Waals surface area contributed by atoms with Crippen LogP contribution in [-0.2, 0) is 9.53 Å². The van der Waals surface area contributed by atoms with Crippen LogP contribution in [0, 0.1) is 0 Å². The highest BCUT2D eigenvalue weighted by Gasteiger charge is 2.10. The molecule has 136 valence electrons. The second kappa shape index (κ2) is 9.84. The summed E-state index contributed by atoms with van der Waals surface area (Å²) in [5.74, 6) is -0.302. The van der Waals surface area contributed by atoms with E-state index in [9.17, 15) is 9.59 Å². The minimum absolute atomic E-state index is 0.197. The van der Waals surface area contributed by atoms with Gasteiger partial charge in [0.2, 0.25) is 0 Å². The number of ether oxygens (including phenoxy) is 2. The van der Waals surface area contributed by atoms with Gasteiger partial charge in [0, 0.05) is 4.47 Å². The number of benzene rings is 2. The van der Waals surface area contributed by atoms with Gasteiger partial charge in [-0.25, -0.2) is 10.2 Å². The van der Waals surface area contributed by atoms with Crippen LogP contribution in [0.25, 0.3) is 0 Å². The molecular formula is C17H13Br3N2O4. The Hall–Kier alpha value is -1.71. The molecule has 2 aromatic rings. The van der Waals surface area contributed by atoms with Crippen molar-refractivity contribution < 1.29 is 19.1 Å². The molecule has 0 atom stereocenters. The molecule has 0 aliphatic carbocycles. The quantitative estimate of drug-likeness (QED) is 0.332. The Morgan fingerprint density at radius 1 is 1.12 bits per heavy atom. The fourth-order valence-electron chi connectivity index (χ4n) is 1.84. The number of rotatable bonds is 6. The van der Waals surface area contributed by atoms with E-state index >= 15 is 0 Å². The predicted molar refractivity (Wildman–Crippen MR) is 109 cm³/mol. The Balaban J connectivity index is 1.87. The maximum atomic E-state index is 11.8. The third kappa shape index (κ3) is 5.93. The monoisotopic (exact) mass is 546 g/mol. The zero-order chi connectivity index (χ0) is 19.1. The summed E-state index contributed by atoms with van der Waals surface area (Å²) in [4.78, 5) is 23.2. The molecule has 9 heteroatoms. The lowest BCUT2D eigenvalue weighted by Gasteiger charge is -2.09. The Kier molecular flexibility index (Phi) is 7.80. The number of carbonyl (C=O) groups excluding carboxylic acids is 2. The highest BCUT2D eigenvalue weighted by Crippen LogP contribution is 2.36. The van der Waals surface area contributed by atoms with Gasteiger partial charge in [0.05, 0.1) is 27.8 Å². The number of esters is 1. The summed E-state index contributed by atoms with van der Waals surface area (Å²) < 4.78 is 12.4. The molecule has 2 rings (SSSR count). The number of nitrogens with one attached hydrogen (secondary N) is 1. The maximum Gasteiger partial charge on any atom is 0.337 e. The summed E-state index contributed by atoms with van der Waals surface area (Å²) >= 11 is 10.1. The van der Waals surface area contributed by atoms with E-state index in [0.29, 0.717) is 20.3 Å². The predicted octanol–water partition coefficient (Wildman–Crippen LogP) is 4.29. The van der Waals surface area contributed by atoms with Gasteiger partial charge in [0.15, 0.2) is 6.61 Å².